The van der Waals surface area contributed by atoms with Crippen molar-refractivity contribution in [3.8, 4) is 5.75 Å². The van der Waals surface area contributed by atoms with Crippen LogP contribution in [0.4, 0.5) is 0 Å². The van der Waals surface area contributed by atoms with Crippen LogP contribution in [0.1, 0.15) is 37.2 Å². The topological polar surface area (TPSA) is 133 Å². The number of carbonyl (C=O) groups is 3. The lowest BCUT2D eigenvalue weighted by atomic mass is 10.0. The molecule has 1 aliphatic rings. The third-order valence-electron chi connectivity index (χ3n) is 5.32. The standard InChI is InChI=1S/C23H30N4O5/c1-13(2)9-18(22(30)25-15(12-28)10-14-7-8-24-21(14)29)27-23(31)19-11-16-17(26-19)5-4-6-20(16)32-3/h4-6,10-11,13,15,18,26,28H,7-9,12H2,1-3H3,(H,24,29)(H,25,30)(H,27,31)/b14-10+/t15-,18-/m0/s1. The van der Waals surface area contributed by atoms with Crippen molar-refractivity contribution in [3.05, 3.63) is 41.6 Å². The average Bonchev–Trinajstić information content (AvgIpc) is 3.38. The van der Waals surface area contributed by atoms with E-state index in [9.17, 15) is 19.5 Å². The van der Waals surface area contributed by atoms with Crippen molar-refractivity contribution < 1.29 is 24.2 Å². The number of nitrogens with one attached hydrogen (secondary N) is 4. The molecule has 2 heterocycles. The molecule has 9 heteroatoms. The molecule has 172 valence electrons. The molecular formula is C23H30N4O5. The lowest BCUT2D eigenvalue weighted by Gasteiger charge is -2.22. The fourth-order valence-corrected chi connectivity index (χ4v) is 3.73. The van der Waals surface area contributed by atoms with Gasteiger partial charge in [-0.1, -0.05) is 26.0 Å². The second kappa shape index (κ2) is 10.3. The summed E-state index contributed by atoms with van der Waals surface area (Å²) < 4.78 is 5.34. The molecule has 0 spiro atoms. The third kappa shape index (κ3) is 5.47. The molecule has 0 unspecified atom stereocenters. The molecule has 2 atom stereocenters. The van der Waals surface area contributed by atoms with Crippen LogP contribution in [0.3, 0.4) is 0 Å². The van der Waals surface area contributed by atoms with Crippen LogP contribution >= 0.6 is 0 Å². The number of benzene rings is 1. The van der Waals surface area contributed by atoms with Gasteiger partial charge in [0.25, 0.3) is 5.91 Å². The minimum atomic E-state index is -0.805. The Bertz CT molecular complexity index is 1030. The summed E-state index contributed by atoms with van der Waals surface area (Å²) in [6, 6.07) is 5.63. The third-order valence-corrected chi connectivity index (χ3v) is 5.32. The number of methoxy groups -OCH3 is 1. The van der Waals surface area contributed by atoms with E-state index in [1.807, 2.05) is 26.0 Å². The number of fused-ring (bicyclic) bond motifs is 1. The van der Waals surface area contributed by atoms with Crippen molar-refractivity contribution in [1.29, 1.82) is 0 Å². The Kier molecular flexibility index (Phi) is 7.53. The molecule has 1 aromatic carbocycles. The number of H-pyrrole nitrogens is 1. The summed E-state index contributed by atoms with van der Waals surface area (Å²) in [5, 5.41) is 18.7. The number of hydrogen-bond donors (Lipinski definition) is 5. The van der Waals surface area contributed by atoms with Crippen LogP contribution in [0, 0.1) is 5.92 Å². The second-order valence-electron chi connectivity index (χ2n) is 8.26. The van der Waals surface area contributed by atoms with Gasteiger partial charge in [0, 0.05) is 23.0 Å². The van der Waals surface area contributed by atoms with Gasteiger partial charge in [-0.3, -0.25) is 14.4 Å². The van der Waals surface area contributed by atoms with E-state index >= 15 is 0 Å². The molecule has 1 fully saturated rings. The zero-order chi connectivity index (χ0) is 23.3. The molecule has 1 aliphatic heterocycles. The first-order valence-corrected chi connectivity index (χ1v) is 10.7. The van der Waals surface area contributed by atoms with Crippen molar-refractivity contribution >= 4 is 28.6 Å². The van der Waals surface area contributed by atoms with Gasteiger partial charge >= 0.3 is 0 Å². The summed E-state index contributed by atoms with van der Waals surface area (Å²) in [5.41, 5.74) is 1.59. The van der Waals surface area contributed by atoms with Crippen LogP contribution in [0.25, 0.3) is 10.9 Å². The van der Waals surface area contributed by atoms with Gasteiger partial charge in [-0.2, -0.15) is 0 Å². The van der Waals surface area contributed by atoms with Crippen LogP contribution in [0.15, 0.2) is 35.9 Å². The Balaban J connectivity index is 1.74. The average molecular weight is 443 g/mol. The predicted molar refractivity (Wildman–Crippen MR) is 120 cm³/mol. The number of ether oxygens (including phenoxy) is 1. The lowest BCUT2D eigenvalue weighted by Crippen LogP contribution is -2.50. The number of amides is 3. The van der Waals surface area contributed by atoms with Crippen molar-refractivity contribution in [2.75, 3.05) is 20.3 Å². The monoisotopic (exact) mass is 442 g/mol. The van der Waals surface area contributed by atoms with Crippen LogP contribution in [-0.2, 0) is 9.59 Å². The minimum Gasteiger partial charge on any atom is -0.496 e. The molecule has 0 saturated carbocycles. The highest BCUT2D eigenvalue weighted by Crippen LogP contribution is 2.26. The Labute approximate surface area is 186 Å². The smallest absolute Gasteiger partial charge is 0.268 e. The Hall–Kier alpha value is -3.33. The first-order chi connectivity index (χ1) is 15.3. The molecule has 0 aliphatic carbocycles. The van der Waals surface area contributed by atoms with Gasteiger partial charge in [-0.05, 0) is 37.0 Å². The first-order valence-electron chi connectivity index (χ1n) is 10.7. The highest BCUT2D eigenvalue weighted by Gasteiger charge is 2.26. The van der Waals surface area contributed by atoms with E-state index in [0.29, 0.717) is 36.4 Å². The molecule has 0 radical (unpaired) electrons. The molecule has 0 bridgehead atoms. The minimum absolute atomic E-state index is 0.139. The number of aromatic nitrogens is 1. The van der Waals surface area contributed by atoms with E-state index in [2.05, 4.69) is 20.9 Å². The number of aromatic amines is 1. The van der Waals surface area contributed by atoms with Crippen LogP contribution < -0.4 is 20.7 Å². The van der Waals surface area contributed by atoms with Crippen molar-refractivity contribution in [2.24, 2.45) is 5.92 Å². The summed E-state index contributed by atoms with van der Waals surface area (Å²) in [6.45, 7) is 4.09. The molecule has 32 heavy (non-hydrogen) atoms. The molecule has 3 rings (SSSR count). The zero-order valence-electron chi connectivity index (χ0n) is 18.5. The van der Waals surface area contributed by atoms with E-state index in [1.165, 1.54) is 0 Å². The number of carbonyl (C=O) groups excluding carboxylic acids is 3. The highest BCUT2D eigenvalue weighted by molar-refractivity contribution is 6.01. The predicted octanol–water partition coefficient (Wildman–Crippen LogP) is 1.24. The molecule has 9 nitrogen and oxygen atoms in total. The summed E-state index contributed by atoms with van der Waals surface area (Å²) in [6.07, 6.45) is 2.52. The molecule has 1 saturated heterocycles. The van der Waals surface area contributed by atoms with Gasteiger partial charge in [0.05, 0.1) is 19.8 Å². The second-order valence-corrected chi connectivity index (χ2v) is 8.26. The van der Waals surface area contributed by atoms with Gasteiger partial charge in [0.2, 0.25) is 11.8 Å². The van der Waals surface area contributed by atoms with E-state index < -0.39 is 23.9 Å². The van der Waals surface area contributed by atoms with Gasteiger partial charge in [0.1, 0.15) is 17.5 Å². The molecule has 3 amide bonds. The largest absolute Gasteiger partial charge is 0.496 e. The Morgan fingerprint density at radius 1 is 1.28 bits per heavy atom. The Morgan fingerprint density at radius 3 is 2.69 bits per heavy atom. The van der Waals surface area contributed by atoms with E-state index in [-0.39, 0.29) is 18.4 Å². The number of aliphatic hydroxyl groups is 1. The first kappa shape index (κ1) is 23.3. The lowest BCUT2D eigenvalue weighted by molar-refractivity contribution is -0.124. The summed E-state index contributed by atoms with van der Waals surface area (Å²) in [7, 11) is 1.56. The quantitative estimate of drug-likeness (QED) is 0.373. The molecule has 1 aromatic heterocycles. The van der Waals surface area contributed by atoms with Gasteiger partial charge in [-0.15, -0.1) is 0 Å². The fraction of sp³-hybridized carbons (Fsp3) is 0.435. The van der Waals surface area contributed by atoms with Crippen LogP contribution in [0.5, 0.6) is 5.75 Å². The molecular weight excluding hydrogens is 412 g/mol. The highest BCUT2D eigenvalue weighted by atomic mass is 16.5. The van der Waals surface area contributed by atoms with E-state index in [1.54, 1.807) is 25.3 Å². The van der Waals surface area contributed by atoms with Gasteiger partial charge < -0.3 is 30.8 Å². The van der Waals surface area contributed by atoms with Crippen molar-refractivity contribution in [2.45, 2.75) is 38.8 Å². The number of aliphatic hydroxyl groups excluding tert-OH is 1. The maximum absolute atomic E-state index is 12.9. The SMILES string of the molecule is COc1cccc2[nH]c(C(=O)N[C@@H](CC(C)C)C(=O)N[C@@H](/C=C3\CCNC3=O)CO)cc12. The zero-order valence-corrected chi connectivity index (χ0v) is 18.5. The van der Waals surface area contributed by atoms with E-state index in [4.69, 9.17) is 4.74 Å². The van der Waals surface area contributed by atoms with Crippen LogP contribution in [-0.4, -0.2) is 60.2 Å². The van der Waals surface area contributed by atoms with Crippen molar-refractivity contribution in [3.63, 3.8) is 0 Å². The number of rotatable bonds is 9. The van der Waals surface area contributed by atoms with Gasteiger partial charge in [-0.25, -0.2) is 0 Å². The number of hydrogen-bond acceptors (Lipinski definition) is 5. The normalized spacial score (nSPS) is 16.8. The fourth-order valence-electron chi connectivity index (χ4n) is 3.73. The maximum atomic E-state index is 12.9. The molecule has 2 aromatic rings. The Morgan fingerprint density at radius 2 is 2.06 bits per heavy atom. The van der Waals surface area contributed by atoms with Crippen molar-refractivity contribution in [1.82, 2.24) is 20.9 Å². The van der Waals surface area contributed by atoms with E-state index in [0.717, 1.165) is 10.9 Å². The summed E-state index contributed by atoms with van der Waals surface area (Å²) in [4.78, 5) is 40.7. The maximum Gasteiger partial charge on any atom is 0.268 e. The summed E-state index contributed by atoms with van der Waals surface area (Å²) >= 11 is 0. The van der Waals surface area contributed by atoms with Gasteiger partial charge in [0.15, 0.2) is 0 Å². The molecule has 5 N–H and O–H groups in total. The van der Waals surface area contributed by atoms with Crippen LogP contribution in [0.2, 0.25) is 0 Å². The summed E-state index contributed by atoms with van der Waals surface area (Å²) in [5.74, 6) is -0.253.